The van der Waals surface area contributed by atoms with E-state index in [1.54, 1.807) is 7.11 Å². The molecule has 1 aromatic carbocycles. The third-order valence-corrected chi connectivity index (χ3v) is 2.70. The van der Waals surface area contributed by atoms with E-state index in [2.05, 4.69) is 4.98 Å². The Morgan fingerprint density at radius 3 is 2.83 bits per heavy atom. The Kier molecular flexibility index (Phi) is 4.12. The monoisotopic (exact) mass is 246 g/mol. The van der Waals surface area contributed by atoms with Gasteiger partial charge in [-0.3, -0.25) is 0 Å². The second kappa shape index (κ2) is 5.80. The number of benzene rings is 1. The number of hydrogen-bond acceptors (Lipinski definition) is 4. The predicted molar refractivity (Wildman–Crippen MR) is 71.6 cm³/mol. The molecule has 96 valence electrons. The highest BCUT2D eigenvalue weighted by atomic mass is 16.5. The molecular formula is C14H18N2O2. The summed E-state index contributed by atoms with van der Waals surface area (Å²) in [6.45, 7) is 2.88. The second-order valence-electron chi connectivity index (χ2n) is 4.23. The van der Waals surface area contributed by atoms with E-state index >= 15 is 0 Å². The Balaban J connectivity index is 2.35. The lowest BCUT2D eigenvalue weighted by molar-refractivity contribution is 0.0885. The minimum absolute atomic E-state index is 0.0473. The summed E-state index contributed by atoms with van der Waals surface area (Å²) in [6.07, 6.45) is -0.0473. The highest BCUT2D eigenvalue weighted by molar-refractivity contribution is 5.80. The molecule has 0 aliphatic rings. The molecule has 0 saturated heterocycles. The van der Waals surface area contributed by atoms with Gasteiger partial charge in [-0.05, 0) is 19.1 Å². The predicted octanol–water partition coefficient (Wildman–Crippen LogP) is 2.11. The number of nitrogens with two attached hydrogens (primary N) is 1. The van der Waals surface area contributed by atoms with Gasteiger partial charge in [-0.1, -0.05) is 18.2 Å². The van der Waals surface area contributed by atoms with Crippen molar-refractivity contribution in [2.24, 2.45) is 5.73 Å². The van der Waals surface area contributed by atoms with Crippen molar-refractivity contribution in [2.45, 2.75) is 19.6 Å². The smallest absolute Gasteiger partial charge is 0.218 e. The number of para-hydroxylation sites is 1. The van der Waals surface area contributed by atoms with Crippen LogP contribution in [0.4, 0.5) is 0 Å². The van der Waals surface area contributed by atoms with Gasteiger partial charge in [0.15, 0.2) is 0 Å². The zero-order valence-electron chi connectivity index (χ0n) is 10.7. The van der Waals surface area contributed by atoms with Gasteiger partial charge in [0.2, 0.25) is 5.88 Å². The number of methoxy groups -OCH3 is 1. The normalized spacial score (nSPS) is 12.6. The van der Waals surface area contributed by atoms with E-state index < -0.39 is 0 Å². The van der Waals surface area contributed by atoms with E-state index in [0.717, 1.165) is 16.5 Å². The molecule has 2 N–H and O–H groups in total. The molecule has 0 radical (unpaired) electrons. The highest BCUT2D eigenvalue weighted by Gasteiger charge is 2.10. The van der Waals surface area contributed by atoms with E-state index in [1.165, 1.54) is 0 Å². The molecule has 18 heavy (non-hydrogen) atoms. The fourth-order valence-electron chi connectivity index (χ4n) is 1.85. The van der Waals surface area contributed by atoms with Crippen molar-refractivity contribution < 1.29 is 9.47 Å². The number of rotatable bonds is 5. The van der Waals surface area contributed by atoms with Crippen LogP contribution in [0.25, 0.3) is 10.9 Å². The summed E-state index contributed by atoms with van der Waals surface area (Å²) in [5.41, 5.74) is 7.57. The van der Waals surface area contributed by atoms with Gasteiger partial charge in [0.1, 0.15) is 6.10 Å². The average Bonchev–Trinajstić information content (AvgIpc) is 2.38. The summed E-state index contributed by atoms with van der Waals surface area (Å²) in [6, 6.07) is 9.95. The summed E-state index contributed by atoms with van der Waals surface area (Å²) in [5.74, 6) is 0.598. The van der Waals surface area contributed by atoms with Crippen LogP contribution in [0.2, 0.25) is 0 Å². The molecular weight excluding hydrogens is 228 g/mol. The Hall–Kier alpha value is -1.65. The minimum Gasteiger partial charge on any atom is -0.472 e. The molecule has 0 fully saturated rings. The number of aromatic nitrogens is 1. The maximum absolute atomic E-state index is 5.77. The number of ether oxygens (including phenoxy) is 2. The van der Waals surface area contributed by atoms with Crippen LogP contribution in [0.3, 0.4) is 0 Å². The first-order chi connectivity index (χ1) is 8.74. The zero-order valence-corrected chi connectivity index (χ0v) is 10.7. The van der Waals surface area contributed by atoms with Crippen molar-refractivity contribution in [1.82, 2.24) is 4.98 Å². The first kappa shape index (κ1) is 12.8. The topological polar surface area (TPSA) is 57.4 Å². The Morgan fingerprint density at radius 1 is 1.33 bits per heavy atom. The number of pyridine rings is 1. The molecule has 1 heterocycles. The Labute approximate surface area is 107 Å². The first-order valence-corrected chi connectivity index (χ1v) is 5.99. The summed E-state index contributed by atoms with van der Waals surface area (Å²) >= 11 is 0. The standard InChI is InChI=1S/C14H18N2O2/c1-10(9-17-2)18-14-12(8-15)7-11-5-3-4-6-13(11)16-14/h3-7,10H,8-9,15H2,1-2H3. The maximum Gasteiger partial charge on any atom is 0.218 e. The van der Waals surface area contributed by atoms with Crippen LogP contribution in [0.1, 0.15) is 12.5 Å². The fourth-order valence-corrected chi connectivity index (χ4v) is 1.85. The lowest BCUT2D eigenvalue weighted by atomic mass is 10.1. The largest absolute Gasteiger partial charge is 0.472 e. The van der Waals surface area contributed by atoms with Gasteiger partial charge in [-0.25, -0.2) is 4.98 Å². The van der Waals surface area contributed by atoms with Crippen molar-refractivity contribution in [1.29, 1.82) is 0 Å². The molecule has 2 rings (SSSR count). The summed E-state index contributed by atoms with van der Waals surface area (Å²) in [7, 11) is 1.65. The SMILES string of the molecule is COCC(C)Oc1nc2ccccc2cc1CN. The van der Waals surface area contributed by atoms with E-state index in [4.69, 9.17) is 15.2 Å². The van der Waals surface area contributed by atoms with Gasteiger partial charge in [0, 0.05) is 24.6 Å². The molecule has 1 atom stereocenters. The molecule has 1 unspecified atom stereocenters. The highest BCUT2D eigenvalue weighted by Crippen LogP contribution is 2.22. The van der Waals surface area contributed by atoms with Gasteiger partial charge in [0.25, 0.3) is 0 Å². The Morgan fingerprint density at radius 2 is 2.11 bits per heavy atom. The molecule has 0 spiro atoms. The number of hydrogen-bond donors (Lipinski definition) is 1. The molecule has 0 amide bonds. The van der Waals surface area contributed by atoms with Gasteiger partial charge in [0.05, 0.1) is 12.1 Å². The second-order valence-corrected chi connectivity index (χ2v) is 4.23. The van der Waals surface area contributed by atoms with Gasteiger partial charge in [-0.15, -0.1) is 0 Å². The third kappa shape index (κ3) is 2.78. The van der Waals surface area contributed by atoms with Crippen molar-refractivity contribution in [3.05, 3.63) is 35.9 Å². The Bertz CT molecular complexity index is 528. The summed E-state index contributed by atoms with van der Waals surface area (Å²) in [4.78, 5) is 4.51. The van der Waals surface area contributed by atoms with Crippen molar-refractivity contribution >= 4 is 10.9 Å². The van der Waals surface area contributed by atoms with Gasteiger partial charge < -0.3 is 15.2 Å². The van der Waals surface area contributed by atoms with Crippen LogP contribution in [0, 0.1) is 0 Å². The van der Waals surface area contributed by atoms with Crippen LogP contribution in [0.15, 0.2) is 30.3 Å². The summed E-state index contributed by atoms with van der Waals surface area (Å²) in [5, 5.41) is 1.07. The van der Waals surface area contributed by atoms with Crippen LogP contribution < -0.4 is 10.5 Å². The summed E-state index contributed by atoms with van der Waals surface area (Å²) < 4.78 is 10.8. The number of fused-ring (bicyclic) bond motifs is 1. The third-order valence-electron chi connectivity index (χ3n) is 2.70. The molecule has 0 aliphatic heterocycles. The lowest BCUT2D eigenvalue weighted by Gasteiger charge is -2.16. The fraction of sp³-hybridized carbons (Fsp3) is 0.357. The molecule has 0 aliphatic carbocycles. The van der Waals surface area contributed by atoms with Crippen LogP contribution >= 0.6 is 0 Å². The van der Waals surface area contributed by atoms with Crippen molar-refractivity contribution in [2.75, 3.05) is 13.7 Å². The van der Waals surface area contributed by atoms with E-state index in [0.29, 0.717) is 19.0 Å². The van der Waals surface area contributed by atoms with Crippen molar-refractivity contribution in [3.63, 3.8) is 0 Å². The number of nitrogens with zero attached hydrogens (tertiary/aromatic N) is 1. The maximum atomic E-state index is 5.77. The van der Waals surface area contributed by atoms with E-state index in [9.17, 15) is 0 Å². The average molecular weight is 246 g/mol. The van der Waals surface area contributed by atoms with Crippen molar-refractivity contribution in [3.8, 4) is 5.88 Å². The molecule has 2 aromatic rings. The van der Waals surface area contributed by atoms with E-state index in [-0.39, 0.29) is 6.10 Å². The van der Waals surface area contributed by atoms with Gasteiger partial charge in [-0.2, -0.15) is 0 Å². The lowest BCUT2D eigenvalue weighted by Crippen LogP contribution is -2.20. The molecule has 1 aromatic heterocycles. The zero-order chi connectivity index (χ0) is 13.0. The van der Waals surface area contributed by atoms with Crippen LogP contribution in [0.5, 0.6) is 5.88 Å². The van der Waals surface area contributed by atoms with Crippen LogP contribution in [-0.4, -0.2) is 24.8 Å². The molecule has 4 heteroatoms. The van der Waals surface area contributed by atoms with Crippen LogP contribution in [-0.2, 0) is 11.3 Å². The molecule has 4 nitrogen and oxygen atoms in total. The molecule has 0 saturated carbocycles. The van der Waals surface area contributed by atoms with E-state index in [1.807, 2.05) is 37.3 Å². The minimum atomic E-state index is -0.0473. The first-order valence-electron chi connectivity index (χ1n) is 5.99. The molecule has 0 bridgehead atoms. The quantitative estimate of drug-likeness (QED) is 0.877. The van der Waals surface area contributed by atoms with Gasteiger partial charge >= 0.3 is 0 Å².